The Bertz CT molecular complexity index is 303. The number of nitrogens with two attached hydrogens (primary N) is 1. The summed E-state index contributed by atoms with van der Waals surface area (Å²) in [5.41, 5.74) is 4.57. The molecule has 1 aromatic heterocycles. The number of nitrogens with zero attached hydrogens (tertiary/aromatic N) is 1. The van der Waals surface area contributed by atoms with Crippen LogP contribution < -0.4 is 5.73 Å². The fraction of sp³-hybridized carbons (Fsp3) is 0.167. The summed E-state index contributed by atoms with van der Waals surface area (Å²) in [5.74, 6) is -0.941. The molecule has 1 rings (SSSR count). The first kappa shape index (κ1) is 9.56. The van der Waals surface area contributed by atoms with E-state index in [2.05, 4.69) is 4.98 Å². The second-order valence-electron chi connectivity index (χ2n) is 2.04. The van der Waals surface area contributed by atoms with Gasteiger partial charge in [-0.25, -0.2) is 13.8 Å². The standard InChI is InChI=1S/C6H4F3IN2/c7-3-1-2(5(8)9)4(11)6(10)12-3/h1,5H,11H2. The van der Waals surface area contributed by atoms with Gasteiger partial charge in [-0.2, -0.15) is 4.39 Å². The second kappa shape index (κ2) is 3.46. The first-order chi connectivity index (χ1) is 5.52. The van der Waals surface area contributed by atoms with Crippen LogP contribution in [0.2, 0.25) is 0 Å². The SMILES string of the molecule is Nc1c(C(F)F)cc(F)nc1I. The molecule has 1 aromatic rings. The molecule has 0 aromatic carbocycles. The van der Waals surface area contributed by atoms with Crippen LogP contribution in [0.5, 0.6) is 0 Å². The zero-order valence-electron chi connectivity index (χ0n) is 5.69. The minimum Gasteiger partial charge on any atom is -0.396 e. The monoisotopic (exact) mass is 288 g/mol. The van der Waals surface area contributed by atoms with Gasteiger partial charge in [0.2, 0.25) is 5.95 Å². The smallest absolute Gasteiger partial charge is 0.266 e. The number of nitrogen functional groups attached to an aromatic ring is 1. The molecule has 0 bridgehead atoms. The van der Waals surface area contributed by atoms with Crippen LogP contribution >= 0.6 is 22.6 Å². The third kappa shape index (κ3) is 1.79. The van der Waals surface area contributed by atoms with Gasteiger partial charge in [-0.1, -0.05) is 0 Å². The number of aromatic nitrogens is 1. The lowest BCUT2D eigenvalue weighted by molar-refractivity contribution is 0.151. The molecule has 0 aliphatic carbocycles. The van der Waals surface area contributed by atoms with Crippen LogP contribution in [-0.4, -0.2) is 4.98 Å². The van der Waals surface area contributed by atoms with Crippen LogP contribution in [0, 0.1) is 9.65 Å². The first-order valence-corrected chi connectivity index (χ1v) is 4.00. The van der Waals surface area contributed by atoms with E-state index >= 15 is 0 Å². The number of halogens is 4. The van der Waals surface area contributed by atoms with Crippen LogP contribution in [0.1, 0.15) is 12.0 Å². The van der Waals surface area contributed by atoms with Crippen LogP contribution in [0.25, 0.3) is 0 Å². The lowest BCUT2D eigenvalue weighted by Crippen LogP contribution is -2.02. The molecule has 2 nitrogen and oxygen atoms in total. The Morgan fingerprint density at radius 3 is 2.58 bits per heavy atom. The van der Waals surface area contributed by atoms with Crippen LogP contribution in [-0.2, 0) is 0 Å². The molecule has 0 unspecified atom stereocenters. The summed E-state index contributed by atoms with van der Waals surface area (Å²) < 4.78 is 36.7. The molecular weight excluding hydrogens is 284 g/mol. The van der Waals surface area contributed by atoms with E-state index in [0.717, 1.165) is 0 Å². The Hall–Kier alpha value is -0.530. The predicted octanol–water partition coefficient (Wildman–Crippen LogP) is 2.35. The summed E-state index contributed by atoms with van der Waals surface area (Å²) in [7, 11) is 0. The molecular formula is C6H4F3IN2. The van der Waals surface area contributed by atoms with E-state index in [1.807, 2.05) is 0 Å². The average Bonchev–Trinajstić information content (AvgIpc) is 1.96. The van der Waals surface area contributed by atoms with E-state index in [4.69, 9.17) is 5.73 Å². The molecule has 0 aliphatic rings. The molecule has 66 valence electrons. The molecule has 0 saturated carbocycles. The van der Waals surface area contributed by atoms with Crippen molar-refractivity contribution in [3.8, 4) is 0 Å². The van der Waals surface area contributed by atoms with Gasteiger partial charge < -0.3 is 5.73 Å². The largest absolute Gasteiger partial charge is 0.396 e. The minimum absolute atomic E-state index is 0.0582. The maximum Gasteiger partial charge on any atom is 0.266 e. The molecule has 1 heterocycles. The quantitative estimate of drug-likeness (QED) is 0.636. The topological polar surface area (TPSA) is 38.9 Å². The maximum absolute atomic E-state index is 12.5. The Labute approximate surface area is 80.1 Å². The molecule has 0 saturated heterocycles. The van der Waals surface area contributed by atoms with E-state index < -0.39 is 17.9 Å². The molecule has 0 radical (unpaired) electrons. The van der Waals surface area contributed by atoms with Gasteiger partial charge in [0.05, 0.1) is 5.69 Å². The number of pyridine rings is 1. The van der Waals surface area contributed by atoms with Crippen molar-refractivity contribution in [3.63, 3.8) is 0 Å². The molecule has 0 fully saturated rings. The number of hydrogen-bond acceptors (Lipinski definition) is 2. The summed E-state index contributed by atoms with van der Waals surface area (Å²) in [6.45, 7) is 0. The van der Waals surface area contributed by atoms with Gasteiger partial charge in [-0.05, 0) is 22.6 Å². The van der Waals surface area contributed by atoms with E-state index in [1.54, 1.807) is 22.6 Å². The van der Waals surface area contributed by atoms with Crippen LogP contribution in [0.4, 0.5) is 18.9 Å². The number of alkyl halides is 2. The van der Waals surface area contributed by atoms with Gasteiger partial charge in [0, 0.05) is 11.6 Å². The highest BCUT2D eigenvalue weighted by Crippen LogP contribution is 2.27. The normalized spacial score (nSPS) is 10.8. The van der Waals surface area contributed by atoms with Gasteiger partial charge in [-0.3, -0.25) is 0 Å². The highest BCUT2D eigenvalue weighted by molar-refractivity contribution is 14.1. The zero-order chi connectivity index (χ0) is 9.30. The lowest BCUT2D eigenvalue weighted by Gasteiger charge is -2.05. The molecule has 6 heteroatoms. The third-order valence-corrected chi connectivity index (χ3v) is 2.07. The van der Waals surface area contributed by atoms with Crippen molar-refractivity contribution in [2.75, 3.05) is 5.73 Å². The van der Waals surface area contributed by atoms with Crippen molar-refractivity contribution < 1.29 is 13.2 Å². The number of anilines is 1. The third-order valence-electron chi connectivity index (χ3n) is 1.25. The van der Waals surface area contributed by atoms with Crippen molar-refractivity contribution in [3.05, 3.63) is 21.3 Å². The number of rotatable bonds is 1. The second-order valence-corrected chi connectivity index (χ2v) is 3.06. The van der Waals surface area contributed by atoms with E-state index in [9.17, 15) is 13.2 Å². The van der Waals surface area contributed by atoms with Gasteiger partial charge >= 0.3 is 0 Å². The van der Waals surface area contributed by atoms with Crippen molar-refractivity contribution in [2.24, 2.45) is 0 Å². The van der Waals surface area contributed by atoms with Gasteiger partial charge in [0.1, 0.15) is 3.70 Å². The van der Waals surface area contributed by atoms with Gasteiger partial charge in [0.25, 0.3) is 6.43 Å². The fourth-order valence-electron chi connectivity index (χ4n) is 0.692. The number of hydrogen-bond donors (Lipinski definition) is 1. The maximum atomic E-state index is 12.5. The fourth-order valence-corrected chi connectivity index (χ4v) is 1.23. The Kier molecular flexibility index (Phi) is 2.76. The summed E-state index contributed by atoms with van der Waals surface area (Å²) in [5, 5.41) is 0. The molecule has 0 atom stereocenters. The Morgan fingerprint density at radius 1 is 1.50 bits per heavy atom. The van der Waals surface area contributed by atoms with E-state index in [1.165, 1.54) is 0 Å². The highest BCUT2D eigenvalue weighted by Gasteiger charge is 2.15. The summed E-state index contributed by atoms with van der Waals surface area (Å²) in [6, 6.07) is 0.641. The van der Waals surface area contributed by atoms with Crippen molar-refractivity contribution in [1.29, 1.82) is 0 Å². The summed E-state index contributed by atoms with van der Waals surface area (Å²) in [4.78, 5) is 3.28. The average molecular weight is 288 g/mol. The van der Waals surface area contributed by atoms with Crippen molar-refractivity contribution in [2.45, 2.75) is 6.43 Å². The summed E-state index contributed by atoms with van der Waals surface area (Å²) in [6.07, 6.45) is -2.77. The van der Waals surface area contributed by atoms with Crippen molar-refractivity contribution >= 4 is 28.3 Å². The molecule has 12 heavy (non-hydrogen) atoms. The van der Waals surface area contributed by atoms with E-state index in [0.29, 0.717) is 6.07 Å². The Morgan fingerprint density at radius 2 is 2.08 bits per heavy atom. The van der Waals surface area contributed by atoms with Crippen LogP contribution in [0.3, 0.4) is 0 Å². The highest BCUT2D eigenvalue weighted by atomic mass is 127. The molecule has 0 spiro atoms. The van der Waals surface area contributed by atoms with Crippen molar-refractivity contribution in [1.82, 2.24) is 4.98 Å². The molecule has 0 amide bonds. The lowest BCUT2D eigenvalue weighted by atomic mass is 10.2. The van der Waals surface area contributed by atoms with Gasteiger partial charge in [-0.15, -0.1) is 0 Å². The molecule has 0 aliphatic heterocycles. The Balaban J connectivity index is 3.28. The van der Waals surface area contributed by atoms with Gasteiger partial charge in [0.15, 0.2) is 0 Å². The summed E-state index contributed by atoms with van der Waals surface area (Å²) >= 11 is 1.60. The first-order valence-electron chi connectivity index (χ1n) is 2.92. The molecule has 2 N–H and O–H groups in total. The minimum atomic E-state index is -2.77. The van der Waals surface area contributed by atoms with E-state index in [-0.39, 0.29) is 9.39 Å². The van der Waals surface area contributed by atoms with Crippen LogP contribution in [0.15, 0.2) is 6.07 Å². The zero-order valence-corrected chi connectivity index (χ0v) is 7.85. The predicted molar refractivity (Wildman–Crippen MR) is 46.3 cm³/mol.